The van der Waals surface area contributed by atoms with Crippen molar-refractivity contribution in [2.24, 2.45) is 0 Å². The van der Waals surface area contributed by atoms with Crippen LogP contribution >= 0.6 is 0 Å². The van der Waals surface area contributed by atoms with E-state index in [4.69, 9.17) is 4.74 Å². The zero-order chi connectivity index (χ0) is 18.7. The van der Waals surface area contributed by atoms with Gasteiger partial charge in [-0.05, 0) is 79.5 Å². The minimum Gasteiger partial charge on any atom is -0.496 e. The molecule has 2 aromatic rings. The number of nitrogens with one attached hydrogen (secondary N) is 1. The van der Waals surface area contributed by atoms with Gasteiger partial charge in [0.2, 0.25) is 10.0 Å². The van der Waals surface area contributed by atoms with Crippen LogP contribution < -0.4 is 9.46 Å². The largest absolute Gasteiger partial charge is 0.496 e. The van der Waals surface area contributed by atoms with E-state index >= 15 is 0 Å². The minimum atomic E-state index is -3.59. The van der Waals surface area contributed by atoms with E-state index in [9.17, 15) is 8.42 Å². The van der Waals surface area contributed by atoms with Gasteiger partial charge in [0.05, 0.1) is 12.0 Å². The Kier molecular flexibility index (Phi) is 5.68. The summed E-state index contributed by atoms with van der Waals surface area (Å²) in [6, 6.07) is 11.1. The molecular formula is C21H27NO3S. The second-order valence-corrected chi connectivity index (χ2v) is 8.62. The topological polar surface area (TPSA) is 55.4 Å². The highest BCUT2D eigenvalue weighted by atomic mass is 32.2. The first-order valence-electron chi connectivity index (χ1n) is 9.25. The molecule has 1 N–H and O–H groups in total. The van der Waals surface area contributed by atoms with Gasteiger partial charge in [-0.3, -0.25) is 0 Å². The van der Waals surface area contributed by atoms with E-state index in [1.165, 1.54) is 24.0 Å². The van der Waals surface area contributed by atoms with Crippen LogP contribution in [0.25, 0.3) is 0 Å². The van der Waals surface area contributed by atoms with Crippen LogP contribution in [0, 0.1) is 0 Å². The van der Waals surface area contributed by atoms with Gasteiger partial charge in [-0.15, -0.1) is 0 Å². The van der Waals surface area contributed by atoms with E-state index < -0.39 is 10.0 Å². The van der Waals surface area contributed by atoms with Gasteiger partial charge in [0.15, 0.2) is 0 Å². The molecule has 0 aliphatic heterocycles. The zero-order valence-corrected chi connectivity index (χ0v) is 16.5. The summed E-state index contributed by atoms with van der Waals surface area (Å²) in [6.45, 7) is 3.88. The van der Waals surface area contributed by atoms with Crippen molar-refractivity contribution in [3.8, 4) is 5.75 Å². The van der Waals surface area contributed by atoms with Gasteiger partial charge in [0.1, 0.15) is 5.75 Å². The maximum atomic E-state index is 12.8. The predicted octanol–water partition coefficient (Wildman–Crippen LogP) is 4.18. The molecule has 0 saturated carbocycles. The number of sulfonamides is 1. The van der Waals surface area contributed by atoms with Crippen molar-refractivity contribution in [1.82, 2.24) is 4.72 Å². The average molecular weight is 374 g/mol. The van der Waals surface area contributed by atoms with Gasteiger partial charge in [0.25, 0.3) is 0 Å². The summed E-state index contributed by atoms with van der Waals surface area (Å²) >= 11 is 0. The number of rotatable bonds is 6. The molecule has 3 rings (SSSR count). The summed E-state index contributed by atoms with van der Waals surface area (Å²) in [4.78, 5) is 0.278. The Labute approximate surface area is 156 Å². The van der Waals surface area contributed by atoms with Crippen molar-refractivity contribution in [3.05, 3.63) is 58.7 Å². The molecule has 0 aromatic heterocycles. The number of hydrogen-bond donors (Lipinski definition) is 1. The lowest BCUT2D eigenvalue weighted by atomic mass is 9.89. The minimum absolute atomic E-state index is 0.278. The highest BCUT2D eigenvalue weighted by Crippen LogP contribution is 2.27. The van der Waals surface area contributed by atoms with Gasteiger partial charge < -0.3 is 4.74 Å². The van der Waals surface area contributed by atoms with Crippen molar-refractivity contribution < 1.29 is 13.2 Å². The molecular weight excluding hydrogens is 346 g/mol. The van der Waals surface area contributed by atoms with Crippen molar-refractivity contribution in [2.45, 2.75) is 56.9 Å². The number of benzene rings is 2. The van der Waals surface area contributed by atoms with E-state index in [1.54, 1.807) is 25.3 Å². The third-order valence-electron chi connectivity index (χ3n) is 5.15. The van der Waals surface area contributed by atoms with Crippen LogP contribution in [0.4, 0.5) is 0 Å². The van der Waals surface area contributed by atoms with E-state index in [-0.39, 0.29) is 10.9 Å². The Morgan fingerprint density at radius 3 is 2.50 bits per heavy atom. The molecule has 26 heavy (non-hydrogen) atoms. The normalized spacial score (nSPS) is 15.3. The molecule has 1 aliphatic carbocycles. The van der Waals surface area contributed by atoms with E-state index in [2.05, 4.69) is 16.9 Å². The highest BCUT2D eigenvalue weighted by molar-refractivity contribution is 7.89. The number of methoxy groups -OCH3 is 1. The van der Waals surface area contributed by atoms with E-state index in [0.717, 1.165) is 24.0 Å². The molecule has 0 spiro atoms. The molecule has 140 valence electrons. The van der Waals surface area contributed by atoms with E-state index in [0.29, 0.717) is 12.2 Å². The highest BCUT2D eigenvalue weighted by Gasteiger charge is 2.21. The first kappa shape index (κ1) is 18.9. The lowest BCUT2D eigenvalue weighted by molar-refractivity contribution is 0.409. The number of hydrogen-bond acceptors (Lipinski definition) is 3. The Morgan fingerprint density at radius 2 is 1.81 bits per heavy atom. The molecule has 0 bridgehead atoms. The lowest BCUT2D eigenvalue weighted by Crippen LogP contribution is -2.27. The molecule has 0 unspecified atom stereocenters. The first-order valence-corrected chi connectivity index (χ1v) is 10.7. The van der Waals surface area contributed by atoms with Crippen LogP contribution in [0.1, 0.15) is 55.0 Å². The van der Waals surface area contributed by atoms with Gasteiger partial charge in [-0.25, -0.2) is 13.1 Å². The van der Waals surface area contributed by atoms with Gasteiger partial charge in [0, 0.05) is 6.04 Å². The first-order chi connectivity index (χ1) is 12.4. The fourth-order valence-electron chi connectivity index (χ4n) is 3.59. The molecule has 0 radical (unpaired) electrons. The predicted molar refractivity (Wildman–Crippen MR) is 104 cm³/mol. The summed E-state index contributed by atoms with van der Waals surface area (Å²) < 4.78 is 33.7. The van der Waals surface area contributed by atoms with Crippen molar-refractivity contribution in [1.29, 1.82) is 0 Å². The van der Waals surface area contributed by atoms with Crippen LogP contribution in [-0.2, 0) is 29.3 Å². The average Bonchev–Trinajstić information content (AvgIpc) is 2.66. The summed E-state index contributed by atoms with van der Waals surface area (Å²) in [5.74, 6) is 0.717. The van der Waals surface area contributed by atoms with Crippen LogP contribution in [0.15, 0.2) is 41.3 Å². The molecule has 0 heterocycles. The summed E-state index contributed by atoms with van der Waals surface area (Å²) in [5, 5.41) is 0. The zero-order valence-electron chi connectivity index (χ0n) is 15.7. The molecule has 4 nitrogen and oxygen atoms in total. The fraction of sp³-hybridized carbons (Fsp3) is 0.429. The maximum Gasteiger partial charge on any atom is 0.241 e. The lowest BCUT2D eigenvalue weighted by Gasteiger charge is -2.20. The van der Waals surface area contributed by atoms with Crippen LogP contribution in [0.5, 0.6) is 5.75 Å². The number of ether oxygens (including phenoxy) is 1. The summed E-state index contributed by atoms with van der Waals surface area (Å²) in [5.41, 5.74) is 4.66. The molecule has 0 fully saturated rings. The SMILES string of the molecule is CCc1cc(S(=O)(=O)N[C@@H](C)c2ccc3c(c2)CCCC3)ccc1OC. The van der Waals surface area contributed by atoms with Gasteiger partial charge in [-0.1, -0.05) is 25.1 Å². The quantitative estimate of drug-likeness (QED) is 0.826. The Morgan fingerprint density at radius 1 is 1.08 bits per heavy atom. The summed E-state index contributed by atoms with van der Waals surface area (Å²) in [6.07, 6.45) is 5.38. The molecule has 5 heteroatoms. The van der Waals surface area contributed by atoms with Crippen LogP contribution in [0.3, 0.4) is 0 Å². The Balaban J connectivity index is 1.83. The van der Waals surface area contributed by atoms with Crippen molar-refractivity contribution in [3.63, 3.8) is 0 Å². The second-order valence-electron chi connectivity index (χ2n) is 6.91. The standard InChI is InChI=1S/C21H27NO3S/c1-4-16-14-20(11-12-21(16)25-3)26(23,24)22-15(2)18-10-9-17-7-5-6-8-19(17)13-18/h9-15,22H,4-8H2,1-3H3/t15-/m0/s1. The van der Waals surface area contributed by atoms with E-state index in [1.807, 2.05) is 19.9 Å². The van der Waals surface area contributed by atoms with Crippen molar-refractivity contribution >= 4 is 10.0 Å². The van der Waals surface area contributed by atoms with Crippen molar-refractivity contribution in [2.75, 3.05) is 7.11 Å². The summed E-state index contributed by atoms with van der Waals surface area (Å²) in [7, 11) is -2.00. The van der Waals surface area contributed by atoms with Gasteiger partial charge in [-0.2, -0.15) is 0 Å². The molecule has 0 amide bonds. The molecule has 1 aliphatic rings. The molecule has 1 atom stereocenters. The number of fused-ring (bicyclic) bond motifs is 1. The third kappa shape index (κ3) is 3.94. The third-order valence-corrected chi connectivity index (χ3v) is 6.69. The fourth-order valence-corrected chi connectivity index (χ4v) is 4.87. The Bertz CT molecular complexity index is 890. The molecule has 0 saturated heterocycles. The van der Waals surface area contributed by atoms with Crippen LogP contribution in [-0.4, -0.2) is 15.5 Å². The number of aryl methyl sites for hydroxylation is 3. The Hall–Kier alpha value is -1.85. The maximum absolute atomic E-state index is 12.8. The molecule has 2 aromatic carbocycles. The van der Waals surface area contributed by atoms with Crippen LogP contribution in [0.2, 0.25) is 0 Å². The monoisotopic (exact) mass is 373 g/mol. The smallest absolute Gasteiger partial charge is 0.241 e. The van der Waals surface area contributed by atoms with Gasteiger partial charge >= 0.3 is 0 Å². The second kappa shape index (κ2) is 7.80.